The Labute approximate surface area is 199 Å². The Bertz CT molecular complexity index is 1020. The second-order valence-electron chi connectivity index (χ2n) is 8.58. The van der Waals surface area contributed by atoms with E-state index < -0.39 is 17.8 Å². The van der Waals surface area contributed by atoms with E-state index in [2.05, 4.69) is 10.6 Å². The maximum Gasteiger partial charge on any atom is 0.257 e. The molecule has 0 saturated carbocycles. The average molecular weight is 470 g/mol. The van der Waals surface area contributed by atoms with Crippen LogP contribution in [0.2, 0.25) is 0 Å². The molecule has 2 aromatic carbocycles. The molecule has 0 aromatic heterocycles. The van der Waals surface area contributed by atoms with E-state index in [0.717, 1.165) is 6.42 Å². The van der Waals surface area contributed by atoms with Crippen molar-refractivity contribution in [1.29, 1.82) is 0 Å². The number of carbonyl (C=O) groups excluding carboxylic acids is 3. The van der Waals surface area contributed by atoms with E-state index in [1.165, 1.54) is 25.3 Å². The molecular formula is C26H32FN3O4. The fourth-order valence-corrected chi connectivity index (χ4v) is 4.12. The van der Waals surface area contributed by atoms with Crippen molar-refractivity contribution >= 4 is 17.7 Å². The van der Waals surface area contributed by atoms with E-state index in [9.17, 15) is 18.8 Å². The number of likely N-dealkylation sites (tertiary alicyclic amines) is 1. The smallest absolute Gasteiger partial charge is 0.257 e. The number of hydrogen-bond acceptors (Lipinski definition) is 4. The summed E-state index contributed by atoms with van der Waals surface area (Å²) in [5.74, 6) is -1.38. The normalized spacial score (nSPS) is 15.8. The molecule has 1 heterocycles. The zero-order chi connectivity index (χ0) is 24.7. The van der Waals surface area contributed by atoms with Crippen molar-refractivity contribution in [3.05, 3.63) is 65.5 Å². The van der Waals surface area contributed by atoms with Gasteiger partial charge in [0.1, 0.15) is 17.6 Å². The summed E-state index contributed by atoms with van der Waals surface area (Å²) in [6.07, 6.45) is 1.79. The molecule has 1 aliphatic rings. The molecule has 1 aliphatic heterocycles. The minimum absolute atomic E-state index is 0.0624. The van der Waals surface area contributed by atoms with Crippen molar-refractivity contribution in [2.45, 2.75) is 45.2 Å². The molecule has 182 valence electrons. The minimum atomic E-state index is -0.829. The van der Waals surface area contributed by atoms with Crippen LogP contribution in [-0.2, 0) is 4.79 Å². The number of rotatable bonds is 8. The first-order valence-electron chi connectivity index (χ1n) is 11.6. The van der Waals surface area contributed by atoms with Gasteiger partial charge in [0.05, 0.1) is 18.2 Å². The van der Waals surface area contributed by atoms with Crippen molar-refractivity contribution in [3.8, 4) is 5.75 Å². The highest BCUT2D eigenvalue weighted by molar-refractivity contribution is 5.98. The first kappa shape index (κ1) is 25.2. The molecule has 34 heavy (non-hydrogen) atoms. The maximum absolute atomic E-state index is 14.1. The Morgan fingerprint density at radius 2 is 1.65 bits per heavy atom. The Morgan fingerprint density at radius 1 is 1.03 bits per heavy atom. The summed E-state index contributed by atoms with van der Waals surface area (Å²) in [7, 11) is 1.52. The molecule has 0 radical (unpaired) electrons. The molecule has 1 saturated heterocycles. The van der Waals surface area contributed by atoms with Gasteiger partial charge >= 0.3 is 0 Å². The van der Waals surface area contributed by atoms with Crippen LogP contribution in [0.4, 0.5) is 4.39 Å². The van der Waals surface area contributed by atoms with Gasteiger partial charge in [-0.25, -0.2) is 4.39 Å². The predicted molar refractivity (Wildman–Crippen MR) is 127 cm³/mol. The topological polar surface area (TPSA) is 87.7 Å². The summed E-state index contributed by atoms with van der Waals surface area (Å²) < 4.78 is 19.5. The first-order chi connectivity index (χ1) is 16.3. The number of nitrogens with one attached hydrogen (secondary N) is 2. The molecule has 2 N–H and O–H groups in total. The second kappa shape index (κ2) is 11.6. The third kappa shape index (κ3) is 5.92. The van der Waals surface area contributed by atoms with Crippen LogP contribution in [0.5, 0.6) is 5.75 Å². The highest BCUT2D eigenvalue weighted by Crippen LogP contribution is 2.26. The van der Waals surface area contributed by atoms with E-state index in [0.29, 0.717) is 37.2 Å². The number of benzene rings is 2. The molecule has 8 heteroatoms. The Morgan fingerprint density at radius 3 is 2.26 bits per heavy atom. The van der Waals surface area contributed by atoms with Gasteiger partial charge in [0.15, 0.2) is 0 Å². The van der Waals surface area contributed by atoms with Gasteiger partial charge in [-0.3, -0.25) is 14.4 Å². The molecular weight excluding hydrogens is 437 g/mol. The van der Waals surface area contributed by atoms with Gasteiger partial charge in [-0.05, 0) is 56.4 Å². The Balaban J connectivity index is 1.73. The van der Waals surface area contributed by atoms with Gasteiger partial charge in [0.25, 0.3) is 11.8 Å². The average Bonchev–Trinajstić information content (AvgIpc) is 2.86. The number of ether oxygens (including phenoxy) is 1. The monoisotopic (exact) mass is 469 g/mol. The lowest BCUT2D eigenvalue weighted by atomic mass is 9.88. The van der Waals surface area contributed by atoms with Crippen LogP contribution < -0.4 is 15.4 Å². The fourth-order valence-electron chi connectivity index (χ4n) is 4.12. The fraction of sp³-hybridized carbons (Fsp3) is 0.423. The van der Waals surface area contributed by atoms with Crippen molar-refractivity contribution in [3.63, 3.8) is 0 Å². The van der Waals surface area contributed by atoms with Crippen LogP contribution in [-0.4, -0.2) is 54.9 Å². The summed E-state index contributed by atoms with van der Waals surface area (Å²) in [5.41, 5.74) is 0.384. The highest BCUT2D eigenvalue weighted by atomic mass is 19.1. The molecule has 7 nitrogen and oxygen atoms in total. The second-order valence-corrected chi connectivity index (χ2v) is 8.58. The first-order valence-corrected chi connectivity index (χ1v) is 11.6. The molecule has 0 aliphatic carbocycles. The van der Waals surface area contributed by atoms with E-state index in [1.807, 2.05) is 13.8 Å². The summed E-state index contributed by atoms with van der Waals surface area (Å²) in [6, 6.07) is 11.9. The summed E-state index contributed by atoms with van der Waals surface area (Å²) >= 11 is 0. The van der Waals surface area contributed by atoms with Crippen molar-refractivity contribution in [1.82, 2.24) is 15.5 Å². The lowest BCUT2D eigenvalue weighted by Gasteiger charge is -2.36. The van der Waals surface area contributed by atoms with Crippen molar-refractivity contribution in [2.75, 3.05) is 20.2 Å². The molecule has 0 spiro atoms. The SMILES string of the molecule is CC[C@@H](C)NC(=O)[C@@H](NC(=O)c1ccccc1F)C1CCN(C(=O)c2ccccc2OC)CC1. The Hall–Kier alpha value is -3.42. The summed E-state index contributed by atoms with van der Waals surface area (Å²) in [4.78, 5) is 40.6. The van der Waals surface area contributed by atoms with Gasteiger partial charge in [-0.2, -0.15) is 0 Å². The molecule has 2 atom stereocenters. The third-order valence-electron chi connectivity index (χ3n) is 6.32. The maximum atomic E-state index is 14.1. The quantitative estimate of drug-likeness (QED) is 0.620. The van der Waals surface area contributed by atoms with Gasteiger partial charge in [0.2, 0.25) is 5.91 Å². The molecule has 0 unspecified atom stereocenters. The van der Waals surface area contributed by atoms with Crippen molar-refractivity contribution < 1.29 is 23.5 Å². The van der Waals surface area contributed by atoms with E-state index in [1.54, 1.807) is 35.2 Å². The number of para-hydroxylation sites is 1. The lowest BCUT2D eigenvalue weighted by molar-refractivity contribution is -0.125. The van der Waals surface area contributed by atoms with E-state index in [4.69, 9.17) is 4.74 Å². The molecule has 1 fully saturated rings. The summed E-state index contributed by atoms with van der Waals surface area (Å²) in [6.45, 7) is 4.72. The number of nitrogens with zero attached hydrogens (tertiary/aromatic N) is 1. The molecule has 2 aromatic rings. The van der Waals surface area contributed by atoms with E-state index >= 15 is 0 Å². The largest absolute Gasteiger partial charge is 0.496 e. The van der Waals surface area contributed by atoms with Gasteiger partial charge in [0, 0.05) is 19.1 Å². The van der Waals surface area contributed by atoms with Crippen molar-refractivity contribution in [2.24, 2.45) is 5.92 Å². The van der Waals surface area contributed by atoms with Crippen LogP contribution in [0.1, 0.15) is 53.8 Å². The predicted octanol–water partition coefficient (Wildman–Crippen LogP) is 3.40. The van der Waals surface area contributed by atoms with Gasteiger partial charge in [-0.1, -0.05) is 31.2 Å². The molecule has 0 bridgehead atoms. The van der Waals surface area contributed by atoms with Crippen LogP contribution in [0.3, 0.4) is 0 Å². The van der Waals surface area contributed by atoms with E-state index in [-0.39, 0.29) is 29.3 Å². The number of halogens is 1. The van der Waals surface area contributed by atoms with Crippen LogP contribution in [0.15, 0.2) is 48.5 Å². The van der Waals surface area contributed by atoms with Crippen LogP contribution in [0.25, 0.3) is 0 Å². The lowest BCUT2D eigenvalue weighted by Crippen LogP contribution is -2.55. The standard InChI is InChI=1S/C26H32FN3O4/c1-4-17(2)28-25(32)23(29-24(31)19-9-5-7-11-21(19)27)18-13-15-30(16-14-18)26(33)20-10-6-8-12-22(20)34-3/h5-12,17-18,23H,4,13-16H2,1-3H3,(H,28,32)(H,29,31)/t17-,23+/m1/s1. The number of hydrogen-bond donors (Lipinski definition) is 2. The van der Waals surface area contributed by atoms with Crippen LogP contribution in [0, 0.1) is 11.7 Å². The number of methoxy groups -OCH3 is 1. The molecule has 3 amide bonds. The summed E-state index contributed by atoms with van der Waals surface area (Å²) in [5, 5.41) is 5.68. The van der Waals surface area contributed by atoms with Gasteiger partial charge < -0.3 is 20.3 Å². The number of amides is 3. The number of carbonyl (C=O) groups is 3. The highest BCUT2D eigenvalue weighted by Gasteiger charge is 2.35. The van der Waals surface area contributed by atoms with Gasteiger partial charge in [-0.15, -0.1) is 0 Å². The molecule has 3 rings (SSSR count). The zero-order valence-corrected chi connectivity index (χ0v) is 19.8. The Kier molecular flexibility index (Phi) is 8.62. The zero-order valence-electron chi connectivity index (χ0n) is 19.8. The third-order valence-corrected chi connectivity index (χ3v) is 6.32. The van der Waals surface area contributed by atoms with Crippen LogP contribution >= 0.6 is 0 Å². The number of piperidine rings is 1. The minimum Gasteiger partial charge on any atom is -0.496 e.